The van der Waals surface area contributed by atoms with E-state index in [0.29, 0.717) is 25.2 Å². The number of urea groups is 1. The van der Waals surface area contributed by atoms with E-state index in [4.69, 9.17) is 0 Å². The lowest BCUT2D eigenvalue weighted by molar-refractivity contribution is 0.246. The molecule has 8 heteroatoms. The van der Waals surface area contributed by atoms with E-state index in [1.54, 1.807) is 6.20 Å². The largest absolute Gasteiger partial charge is 0.347 e. The number of anilines is 2. The minimum absolute atomic E-state index is 0.142. The number of aryl methyl sites for hydroxylation is 1. The second-order valence-corrected chi connectivity index (χ2v) is 6.17. The van der Waals surface area contributed by atoms with Crippen molar-refractivity contribution in [2.45, 2.75) is 25.3 Å². The first-order valence-electron chi connectivity index (χ1n) is 7.97. The molecule has 25 heavy (non-hydrogen) atoms. The van der Waals surface area contributed by atoms with Crippen molar-refractivity contribution in [3.8, 4) is 0 Å². The molecule has 1 aliphatic rings. The van der Waals surface area contributed by atoms with E-state index in [-0.39, 0.29) is 6.04 Å². The second-order valence-electron chi connectivity index (χ2n) is 6.17. The lowest BCUT2D eigenvalue weighted by Gasteiger charge is -2.25. The highest BCUT2D eigenvalue weighted by atomic mass is 19.1. The molecule has 0 unspecified atom stereocenters. The lowest BCUT2D eigenvalue weighted by Crippen LogP contribution is -2.41. The zero-order valence-corrected chi connectivity index (χ0v) is 14.0. The number of halogens is 2. The van der Waals surface area contributed by atoms with Crippen LogP contribution >= 0.6 is 0 Å². The van der Waals surface area contributed by atoms with Crippen LogP contribution in [0, 0.1) is 11.6 Å². The Morgan fingerprint density at radius 2 is 2.00 bits per heavy atom. The Hall–Kier alpha value is -2.77. The Labute approximate surface area is 144 Å². The molecular formula is C17H19F2N5O. The van der Waals surface area contributed by atoms with Crippen LogP contribution in [0.2, 0.25) is 0 Å². The fourth-order valence-corrected chi connectivity index (χ4v) is 2.79. The molecule has 0 radical (unpaired) electrons. The summed E-state index contributed by atoms with van der Waals surface area (Å²) >= 11 is 0. The molecule has 2 N–H and O–H groups in total. The minimum Gasteiger partial charge on any atom is -0.347 e. The van der Waals surface area contributed by atoms with Crippen LogP contribution in [-0.4, -0.2) is 36.1 Å². The van der Waals surface area contributed by atoms with E-state index in [2.05, 4.69) is 20.6 Å². The van der Waals surface area contributed by atoms with Gasteiger partial charge in [0.1, 0.15) is 17.3 Å². The average Bonchev–Trinajstić information content (AvgIpc) is 2.57. The van der Waals surface area contributed by atoms with Crippen molar-refractivity contribution < 1.29 is 13.6 Å². The molecule has 6 nitrogen and oxygen atoms in total. The molecule has 1 aromatic heterocycles. The molecule has 132 valence electrons. The van der Waals surface area contributed by atoms with Crippen LogP contribution in [0.25, 0.3) is 0 Å². The monoisotopic (exact) mass is 347 g/mol. The first-order chi connectivity index (χ1) is 11.9. The molecule has 0 saturated heterocycles. The van der Waals surface area contributed by atoms with Crippen LogP contribution in [-0.2, 0) is 12.8 Å². The average molecular weight is 347 g/mol. The maximum absolute atomic E-state index is 13.6. The Balaban J connectivity index is 1.64. The van der Waals surface area contributed by atoms with Gasteiger partial charge in [0, 0.05) is 32.0 Å². The number of rotatable bonds is 3. The van der Waals surface area contributed by atoms with Gasteiger partial charge in [0.25, 0.3) is 0 Å². The van der Waals surface area contributed by atoms with Gasteiger partial charge in [-0.25, -0.2) is 23.5 Å². The zero-order chi connectivity index (χ0) is 18.0. The summed E-state index contributed by atoms with van der Waals surface area (Å²) in [6.45, 7) is 0. The number of carbonyl (C=O) groups excluding carboxylic acids is 1. The van der Waals surface area contributed by atoms with Gasteiger partial charge in [-0.2, -0.15) is 0 Å². The summed E-state index contributed by atoms with van der Waals surface area (Å²) in [6, 6.07) is 2.65. The van der Waals surface area contributed by atoms with Gasteiger partial charge in [-0.15, -0.1) is 0 Å². The van der Waals surface area contributed by atoms with E-state index >= 15 is 0 Å². The minimum atomic E-state index is -0.811. The Bertz CT molecular complexity index is 776. The Morgan fingerprint density at radius 1 is 1.28 bits per heavy atom. The van der Waals surface area contributed by atoms with Crippen molar-refractivity contribution in [1.29, 1.82) is 0 Å². The predicted octanol–water partition coefficient (Wildman–Crippen LogP) is 2.50. The molecule has 0 bridgehead atoms. The predicted molar refractivity (Wildman–Crippen MR) is 90.7 cm³/mol. The van der Waals surface area contributed by atoms with Crippen LogP contribution in [0.4, 0.5) is 25.2 Å². The molecule has 2 aromatic rings. The summed E-state index contributed by atoms with van der Waals surface area (Å²) < 4.78 is 27.2. The van der Waals surface area contributed by atoms with E-state index < -0.39 is 23.4 Å². The maximum Gasteiger partial charge on any atom is 0.319 e. The van der Waals surface area contributed by atoms with Crippen molar-refractivity contribution in [3.05, 3.63) is 47.3 Å². The number of hydrogen-bond acceptors (Lipinski definition) is 4. The molecule has 3 rings (SSSR count). The molecule has 1 aromatic carbocycles. The summed E-state index contributed by atoms with van der Waals surface area (Å²) in [6.07, 6.45) is 3.75. The van der Waals surface area contributed by atoms with Crippen LogP contribution < -0.4 is 15.5 Å². The summed E-state index contributed by atoms with van der Waals surface area (Å²) in [5.74, 6) is -0.972. The number of aromatic nitrogens is 2. The standard InChI is InChI=1S/C17H19F2N5O/c1-24(2)16-20-9-10-8-11(6-7-14(10)22-16)21-17(25)23-15-12(18)4-3-5-13(15)19/h3-5,9,11H,6-8H2,1-2H3,(H2,21,23,25)/t11-/m0/s1. The molecule has 0 spiro atoms. The number of para-hydroxylation sites is 1. The molecule has 0 fully saturated rings. The van der Waals surface area contributed by atoms with Crippen molar-refractivity contribution >= 4 is 17.7 Å². The van der Waals surface area contributed by atoms with Gasteiger partial charge in [0.15, 0.2) is 0 Å². The molecule has 1 aliphatic carbocycles. The lowest BCUT2D eigenvalue weighted by atomic mass is 9.93. The highest BCUT2D eigenvalue weighted by Gasteiger charge is 2.23. The van der Waals surface area contributed by atoms with Crippen LogP contribution in [0.5, 0.6) is 0 Å². The smallest absolute Gasteiger partial charge is 0.319 e. The second kappa shape index (κ2) is 7.00. The Kier molecular flexibility index (Phi) is 4.78. The molecular weight excluding hydrogens is 328 g/mol. The third-order valence-corrected chi connectivity index (χ3v) is 4.07. The number of benzene rings is 1. The van der Waals surface area contributed by atoms with Gasteiger partial charge in [-0.3, -0.25) is 0 Å². The zero-order valence-electron chi connectivity index (χ0n) is 14.0. The van der Waals surface area contributed by atoms with Crippen molar-refractivity contribution in [2.75, 3.05) is 24.3 Å². The van der Waals surface area contributed by atoms with E-state index in [1.165, 1.54) is 6.07 Å². The van der Waals surface area contributed by atoms with E-state index in [1.807, 2.05) is 19.0 Å². The van der Waals surface area contributed by atoms with Gasteiger partial charge in [0.2, 0.25) is 5.95 Å². The van der Waals surface area contributed by atoms with Crippen molar-refractivity contribution in [3.63, 3.8) is 0 Å². The number of amides is 2. The molecule has 1 heterocycles. The maximum atomic E-state index is 13.6. The number of carbonyl (C=O) groups is 1. The number of hydrogen-bond donors (Lipinski definition) is 2. The summed E-state index contributed by atoms with van der Waals surface area (Å²) in [7, 11) is 3.75. The third-order valence-electron chi connectivity index (χ3n) is 4.07. The molecule has 1 atom stereocenters. The van der Waals surface area contributed by atoms with Crippen LogP contribution in [0.15, 0.2) is 24.4 Å². The van der Waals surface area contributed by atoms with Crippen molar-refractivity contribution in [1.82, 2.24) is 15.3 Å². The summed E-state index contributed by atoms with van der Waals surface area (Å²) in [5.41, 5.74) is 1.49. The van der Waals surface area contributed by atoms with Crippen LogP contribution in [0.3, 0.4) is 0 Å². The Morgan fingerprint density at radius 3 is 2.68 bits per heavy atom. The topological polar surface area (TPSA) is 70.2 Å². The molecule has 0 aliphatic heterocycles. The fourth-order valence-electron chi connectivity index (χ4n) is 2.79. The van der Waals surface area contributed by atoms with Crippen molar-refractivity contribution in [2.24, 2.45) is 0 Å². The van der Waals surface area contributed by atoms with Gasteiger partial charge >= 0.3 is 6.03 Å². The molecule has 2 amide bonds. The van der Waals surface area contributed by atoms with Gasteiger partial charge in [0.05, 0.1) is 0 Å². The summed E-state index contributed by atoms with van der Waals surface area (Å²) in [5, 5.41) is 4.99. The van der Waals surface area contributed by atoms with Gasteiger partial charge in [-0.05, 0) is 37.0 Å². The van der Waals surface area contributed by atoms with E-state index in [0.717, 1.165) is 23.4 Å². The van der Waals surface area contributed by atoms with E-state index in [9.17, 15) is 13.6 Å². The SMILES string of the molecule is CN(C)c1ncc2c(n1)CC[C@H](NC(=O)Nc1c(F)cccc1F)C2. The number of nitrogens with zero attached hydrogens (tertiary/aromatic N) is 3. The van der Waals surface area contributed by atoms with Gasteiger partial charge in [-0.1, -0.05) is 6.07 Å². The quantitative estimate of drug-likeness (QED) is 0.895. The first kappa shape index (κ1) is 17.1. The highest BCUT2D eigenvalue weighted by Crippen LogP contribution is 2.22. The molecule has 0 saturated carbocycles. The first-order valence-corrected chi connectivity index (χ1v) is 7.97. The fraction of sp³-hybridized carbons (Fsp3) is 0.353. The number of nitrogens with one attached hydrogen (secondary N) is 2. The number of fused-ring (bicyclic) bond motifs is 1. The normalized spacial score (nSPS) is 16.1. The van der Waals surface area contributed by atoms with Gasteiger partial charge < -0.3 is 15.5 Å². The van der Waals surface area contributed by atoms with Crippen LogP contribution in [0.1, 0.15) is 17.7 Å². The highest BCUT2D eigenvalue weighted by molar-refractivity contribution is 5.89. The third kappa shape index (κ3) is 3.84. The summed E-state index contributed by atoms with van der Waals surface area (Å²) in [4.78, 5) is 22.7.